The number of aromatic amines is 1. The molecule has 1 amide bonds. The zero-order valence-electron chi connectivity index (χ0n) is 17.0. The first-order valence-electron chi connectivity index (χ1n) is 9.56. The molecule has 0 fully saturated rings. The predicted octanol–water partition coefficient (Wildman–Crippen LogP) is 4.85. The van der Waals surface area contributed by atoms with Gasteiger partial charge >= 0.3 is 0 Å². The Hall–Kier alpha value is -3.54. The SMILES string of the molecule is COc1ccc2nc(NC(=O)c3cc(C)n([C@H](C)c4ccccc4)c3C)[nH]c2c1. The highest BCUT2D eigenvalue weighted by Gasteiger charge is 2.20. The van der Waals surface area contributed by atoms with E-state index in [1.807, 2.05) is 56.3 Å². The van der Waals surface area contributed by atoms with Crippen LogP contribution in [0.5, 0.6) is 5.75 Å². The molecule has 0 unspecified atom stereocenters. The molecule has 148 valence electrons. The molecular weight excluding hydrogens is 364 g/mol. The Labute approximate surface area is 169 Å². The van der Waals surface area contributed by atoms with Crippen molar-refractivity contribution in [2.45, 2.75) is 26.8 Å². The lowest BCUT2D eigenvalue weighted by Crippen LogP contribution is -2.15. The van der Waals surface area contributed by atoms with Gasteiger partial charge in [0.1, 0.15) is 5.75 Å². The van der Waals surface area contributed by atoms with E-state index in [0.29, 0.717) is 11.5 Å². The number of nitrogens with zero attached hydrogens (tertiary/aromatic N) is 2. The molecule has 2 aromatic heterocycles. The van der Waals surface area contributed by atoms with Gasteiger partial charge in [-0.05, 0) is 44.5 Å². The number of H-pyrrole nitrogens is 1. The van der Waals surface area contributed by atoms with Crippen molar-refractivity contribution in [2.24, 2.45) is 0 Å². The van der Waals surface area contributed by atoms with Crippen molar-refractivity contribution in [3.63, 3.8) is 0 Å². The summed E-state index contributed by atoms with van der Waals surface area (Å²) in [5, 5.41) is 2.89. The molecule has 4 rings (SSSR count). The molecule has 0 radical (unpaired) electrons. The van der Waals surface area contributed by atoms with Crippen molar-refractivity contribution >= 4 is 22.9 Å². The Kier molecular flexibility index (Phi) is 4.84. The van der Waals surface area contributed by atoms with Gasteiger partial charge in [0, 0.05) is 17.5 Å². The summed E-state index contributed by atoms with van der Waals surface area (Å²) in [6, 6.07) is 17.9. The largest absolute Gasteiger partial charge is 0.497 e. The Morgan fingerprint density at radius 1 is 1.14 bits per heavy atom. The number of hydrogen-bond acceptors (Lipinski definition) is 3. The fraction of sp³-hybridized carbons (Fsp3) is 0.217. The molecule has 6 nitrogen and oxygen atoms in total. The van der Waals surface area contributed by atoms with E-state index in [1.165, 1.54) is 5.56 Å². The summed E-state index contributed by atoms with van der Waals surface area (Å²) < 4.78 is 7.42. The average molecular weight is 388 g/mol. The lowest BCUT2D eigenvalue weighted by atomic mass is 10.1. The molecule has 2 N–H and O–H groups in total. The molecule has 0 aliphatic heterocycles. The summed E-state index contributed by atoms with van der Waals surface area (Å²) in [7, 11) is 1.62. The van der Waals surface area contributed by atoms with Crippen LogP contribution in [0.15, 0.2) is 54.6 Å². The van der Waals surface area contributed by atoms with Crippen molar-refractivity contribution in [1.29, 1.82) is 0 Å². The molecule has 2 heterocycles. The fourth-order valence-electron chi connectivity index (χ4n) is 3.83. The van der Waals surface area contributed by atoms with Gasteiger partial charge in [0.25, 0.3) is 5.91 Å². The van der Waals surface area contributed by atoms with Crippen LogP contribution < -0.4 is 10.1 Å². The number of hydrogen-bond donors (Lipinski definition) is 2. The van der Waals surface area contributed by atoms with Gasteiger partial charge in [0.05, 0.1) is 29.7 Å². The van der Waals surface area contributed by atoms with Gasteiger partial charge < -0.3 is 14.3 Å². The second kappa shape index (κ2) is 7.47. The molecule has 0 saturated heterocycles. The first-order chi connectivity index (χ1) is 14.0. The lowest BCUT2D eigenvalue weighted by Gasteiger charge is -2.19. The third-order valence-electron chi connectivity index (χ3n) is 5.32. The van der Waals surface area contributed by atoms with Crippen LogP contribution in [-0.4, -0.2) is 27.6 Å². The van der Waals surface area contributed by atoms with E-state index < -0.39 is 0 Å². The smallest absolute Gasteiger partial charge is 0.259 e. The highest BCUT2D eigenvalue weighted by Crippen LogP contribution is 2.26. The number of carbonyl (C=O) groups excluding carboxylic acids is 1. The number of amides is 1. The predicted molar refractivity (Wildman–Crippen MR) is 115 cm³/mol. The Morgan fingerprint density at radius 3 is 2.62 bits per heavy atom. The third-order valence-corrected chi connectivity index (χ3v) is 5.32. The van der Waals surface area contributed by atoms with Crippen LogP contribution in [0, 0.1) is 13.8 Å². The van der Waals surface area contributed by atoms with E-state index >= 15 is 0 Å². The van der Waals surface area contributed by atoms with Crippen LogP contribution in [0.3, 0.4) is 0 Å². The van der Waals surface area contributed by atoms with E-state index in [4.69, 9.17) is 4.74 Å². The molecule has 1 atom stereocenters. The summed E-state index contributed by atoms with van der Waals surface area (Å²) in [4.78, 5) is 20.5. The van der Waals surface area contributed by atoms with Crippen molar-refractivity contribution in [3.8, 4) is 5.75 Å². The van der Waals surface area contributed by atoms with Crippen LogP contribution in [0.1, 0.15) is 40.3 Å². The number of aryl methyl sites for hydroxylation is 1. The maximum Gasteiger partial charge on any atom is 0.259 e. The van der Waals surface area contributed by atoms with Crippen LogP contribution in [-0.2, 0) is 0 Å². The molecule has 0 aliphatic carbocycles. The van der Waals surface area contributed by atoms with E-state index in [-0.39, 0.29) is 11.9 Å². The summed E-state index contributed by atoms with van der Waals surface area (Å²) >= 11 is 0. The highest BCUT2D eigenvalue weighted by molar-refractivity contribution is 6.05. The van der Waals surface area contributed by atoms with Crippen LogP contribution in [0.2, 0.25) is 0 Å². The summed E-state index contributed by atoms with van der Waals surface area (Å²) in [6.07, 6.45) is 0. The number of anilines is 1. The highest BCUT2D eigenvalue weighted by atomic mass is 16.5. The molecule has 0 bridgehead atoms. The minimum absolute atomic E-state index is 0.136. The second-order valence-electron chi connectivity index (χ2n) is 7.16. The maximum absolute atomic E-state index is 13.0. The lowest BCUT2D eigenvalue weighted by molar-refractivity contribution is 0.102. The number of carbonyl (C=O) groups is 1. The summed E-state index contributed by atoms with van der Waals surface area (Å²) in [5.74, 6) is 0.965. The Balaban J connectivity index is 1.61. The van der Waals surface area contributed by atoms with Crippen LogP contribution in [0.25, 0.3) is 11.0 Å². The fourth-order valence-corrected chi connectivity index (χ4v) is 3.83. The number of rotatable bonds is 5. The van der Waals surface area contributed by atoms with Gasteiger partial charge in [-0.1, -0.05) is 30.3 Å². The van der Waals surface area contributed by atoms with Gasteiger partial charge in [-0.25, -0.2) is 4.98 Å². The number of aromatic nitrogens is 3. The van der Waals surface area contributed by atoms with Crippen molar-refractivity contribution < 1.29 is 9.53 Å². The molecule has 4 aromatic rings. The number of imidazole rings is 1. The Bertz CT molecular complexity index is 1170. The van der Waals surface area contributed by atoms with E-state index in [0.717, 1.165) is 28.2 Å². The van der Waals surface area contributed by atoms with Gasteiger partial charge in [0.2, 0.25) is 5.95 Å². The third kappa shape index (κ3) is 3.49. The van der Waals surface area contributed by atoms with Gasteiger partial charge in [-0.15, -0.1) is 0 Å². The first kappa shape index (κ1) is 18.8. The topological polar surface area (TPSA) is 71.9 Å². The molecule has 0 spiro atoms. The van der Waals surface area contributed by atoms with Gasteiger partial charge in [-0.2, -0.15) is 0 Å². The Morgan fingerprint density at radius 2 is 1.90 bits per heavy atom. The maximum atomic E-state index is 13.0. The summed E-state index contributed by atoms with van der Waals surface area (Å²) in [6.45, 7) is 6.14. The minimum atomic E-state index is -0.185. The van der Waals surface area contributed by atoms with E-state index in [1.54, 1.807) is 7.11 Å². The second-order valence-corrected chi connectivity index (χ2v) is 7.16. The van der Waals surface area contributed by atoms with Crippen molar-refractivity contribution in [2.75, 3.05) is 12.4 Å². The summed E-state index contributed by atoms with van der Waals surface area (Å²) in [5.41, 5.74) is 5.38. The zero-order chi connectivity index (χ0) is 20.5. The van der Waals surface area contributed by atoms with E-state index in [9.17, 15) is 4.79 Å². The number of nitrogens with one attached hydrogen (secondary N) is 2. The number of ether oxygens (including phenoxy) is 1. The normalized spacial score (nSPS) is 12.1. The van der Waals surface area contributed by atoms with Gasteiger partial charge in [-0.3, -0.25) is 10.1 Å². The molecule has 6 heteroatoms. The quantitative estimate of drug-likeness (QED) is 0.513. The first-order valence-corrected chi connectivity index (χ1v) is 9.56. The number of fused-ring (bicyclic) bond motifs is 1. The number of benzene rings is 2. The molecular formula is C23H24N4O2. The van der Waals surface area contributed by atoms with Crippen LogP contribution in [0.4, 0.5) is 5.95 Å². The number of methoxy groups -OCH3 is 1. The zero-order valence-corrected chi connectivity index (χ0v) is 17.0. The van der Waals surface area contributed by atoms with Crippen molar-refractivity contribution in [1.82, 2.24) is 14.5 Å². The molecule has 2 aromatic carbocycles. The monoisotopic (exact) mass is 388 g/mol. The minimum Gasteiger partial charge on any atom is -0.497 e. The van der Waals surface area contributed by atoms with Crippen molar-refractivity contribution in [3.05, 3.63) is 77.1 Å². The van der Waals surface area contributed by atoms with Crippen LogP contribution >= 0.6 is 0 Å². The van der Waals surface area contributed by atoms with Gasteiger partial charge in [0.15, 0.2) is 0 Å². The average Bonchev–Trinajstić information content (AvgIpc) is 3.26. The standard InChI is InChI=1S/C23H24N4O2/c1-14-12-19(16(3)27(14)15(2)17-8-6-5-7-9-17)22(28)26-23-24-20-11-10-18(29-4)13-21(20)25-23/h5-13,15H,1-4H3,(H2,24,25,26,28)/t15-/m1/s1. The molecule has 29 heavy (non-hydrogen) atoms. The van der Waals surface area contributed by atoms with E-state index in [2.05, 4.69) is 38.9 Å². The molecule has 0 saturated carbocycles. The molecule has 0 aliphatic rings.